The summed E-state index contributed by atoms with van der Waals surface area (Å²) in [7, 11) is 1.64. The van der Waals surface area contributed by atoms with E-state index in [1.165, 1.54) is 6.33 Å². The molecule has 1 saturated heterocycles. The van der Waals surface area contributed by atoms with Crippen LogP contribution in [0, 0.1) is 0 Å². The van der Waals surface area contributed by atoms with Crippen LogP contribution in [0.15, 0.2) is 36.9 Å². The van der Waals surface area contributed by atoms with E-state index in [-0.39, 0.29) is 12.5 Å². The number of rotatable bonds is 5. The van der Waals surface area contributed by atoms with Gasteiger partial charge in [0.1, 0.15) is 24.4 Å². The van der Waals surface area contributed by atoms with E-state index in [0.29, 0.717) is 32.1 Å². The van der Waals surface area contributed by atoms with Crippen LogP contribution in [0.2, 0.25) is 0 Å². The van der Waals surface area contributed by atoms with Crippen molar-refractivity contribution < 1.29 is 14.3 Å². The molecule has 29 heavy (non-hydrogen) atoms. The van der Waals surface area contributed by atoms with Gasteiger partial charge in [-0.25, -0.2) is 9.97 Å². The number of amides is 1. The average molecular weight is 393 g/mol. The number of hydrogen-bond donors (Lipinski definition) is 1. The van der Waals surface area contributed by atoms with Crippen LogP contribution in [0.3, 0.4) is 0 Å². The number of nitrogen functional groups attached to an aromatic ring is 1. The number of anilines is 1. The van der Waals surface area contributed by atoms with E-state index >= 15 is 0 Å². The van der Waals surface area contributed by atoms with Gasteiger partial charge in [0.25, 0.3) is 0 Å². The lowest BCUT2D eigenvalue weighted by molar-refractivity contribution is -0.135. The summed E-state index contributed by atoms with van der Waals surface area (Å²) in [6, 6.07) is 5.84. The fraction of sp³-hybridized carbons (Fsp3) is 0.286. The molecule has 8 heteroatoms. The van der Waals surface area contributed by atoms with E-state index in [0.717, 1.165) is 27.8 Å². The Hall–Kier alpha value is -3.39. The molecule has 3 aromatic rings. The van der Waals surface area contributed by atoms with Crippen LogP contribution >= 0.6 is 0 Å². The van der Waals surface area contributed by atoms with Crippen molar-refractivity contribution in [2.24, 2.45) is 0 Å². The predicted octanol–water partition coefficient (Wildman–Crippen LogP) is 2.05. The Morgan fingerprint density at radius 3 is 2.83 bits per heavy atom. The maximum Gasteiger partial charge on any atom is 0.242 e. The number of ether oxygens (including phenoxy) is 2. The molecule has 1 amide bonds. The summed E-state index contributed by atoms with van der Waals surface area (Å²) in [5.41, 5.74) is 8.56. The van der Waals surface area contributed by atoms with Gasteiger partial charge in [-0.3, -0.25) is 4.79 Å². The second kappa shape index (κ2) is 8.32. The number of hydrogen-bond acceptors (Lipinski definition) is 6. The molecule has 1 aliphatic heterocycles. The second-order valence-corrected chi connectivity index (χ2v) is 6.79. The molecule has 0 atom stereocenters. The number of nitrogens with zero attached hydrogens (tertiary/aromatic N) is 4. The lowest BCUT2D eigenvalue weighted by Crippen LogP contribution is -2.42. The van der Waals surface area contributed by atoms with Crippen LogP contribution in [0.25, 0.3) is 23.1 Å². The zero-order chi connectivity index (χ0) is 20.2. The van der Waals surface area contributed by atoms with Gasteiger partial charge in [0, 0.05) is 47.5 Å². The highest BCUT2D eigenvalue weighted by atomic mass is 16.5. The number of benzene rings is 1. The molecule has 0 saturated carbocycles. The minimum absolute atomic E-state index is 0.0808. The van der Waals surface area contributed by atoms with Crippen LogP contribution < -0.4 is 10.5 Å². The maximum atomic E-state index is 12.7. The number of aromatic nitrogens is 3. The zero-order valence-electron chi connectivity index (χ0n) is 16.2. The summed E-state index contributed by atoms with van der Waals surface area (Å²) in [6.07, 6.45) is 8.88. The van der Waals surface area contributed by atoms with E-state index in [1.54, 1.807) is 13.3 Å². The van der Waals surface area contributed by atoms with E-state index in [4.69, 9.17) is 15.2 Å². The van der Waals surface area contributed by atoms with Crippen molar-refractivity contribution in [2.75, 3.05) is 39.1 Å². The largest absolute Gasteiger partial charge is 0.497 e. The van der Waals surface area contributed by atoms with E-state index in [1.807, 2.05) is 46.0 Å². The fourth-order valence-corrected chi connectivity index (χ4v) is 3.41. The number of carbonyl (C=O) groups excluding carboxylic acids is 1. The summed E-state index contributed by atoms with van der Waals surface area (Å²) in [5.74, 6) is 1.25. The van der Waals surface area contributed by atoms with Gasteiger partial charge >= 0.3 is 0 Å². The maximum absolute atomic E-state index is 12.7. The van der Waals surface area contributed by atoms with Crippen molar-refractivity contribution in [1.82, 2.24) is 19.4 Å². The third kappa shape index (κ3) is 4.07. The lowest BCUT2D eigenvalue weighted by Gasteiger charge is -2.27. The molecule has 1 fully saturated rings. The first-order chi connectivity index (χ1) is 14.2. The van der Waals surface area contributed by atoms with Crippen LogP contribution in [0.1, 0.15) is 11.1 Å². The highest BCUT2D eigenvalue weighted by Crippen LogP contribution is 2.28. The van der Waals surface area contributed by atoms with Gasteiger partial charge in [0.15, 0.2) is 0 Å². The number of morpholine rings is 1. The number of methoxy groups -OCH3 is 1. The molecule has 0 spiro atoms. The molecule has 0 aliphatic carbocycles. The lowest BCUT2D eigenvalue weighted by atomic mass is 10.1. The quantitative estimate of drug-likeness (QED) is 0.713. The molecule has 8 nitrogen and oxygen atoms in total. The molecular weight excluding hydrogens is 370 g/mol. The smallest absolute Gasteiger partial charge is 0.242 e. The Morgan fingerprint density at radius 1 is 1.28 bits per heavy atom. The first kappa shape index (κ1) is 18.9. The van der Waals surface area contributed by atoms with Crippen molar-refractivity contribution in [3.63, 3.8) is 0 Å². The van der Waals surface area contributed by atoms with Gasteiger partial charge < -0.3 is 24.7 Å². The van der Waals surface area contributed by atoms with Crippen molar-refractivity contribution in [2.45, 2.75) is 6.54 Å². The molecule has 3 heterocycles. The monoisotopic (exact) mass is 393 g/mol. The van der Waals surface area contributed by atoms with Crippen molar-refractivity contribution >= 4 is 34.8 Å². The second-order valence-electron chi connectivity index (χ2n) is 6.79. The van der Waals surface area contributed by atoms with Gasteiger partial charge in [-0.15, -0.1) is 0 Å². The Labute approximate surface area is 168 Å². The van der Waals surface area contributed by atoms with Crippen LogP contribution in [0.4, 0.5) is 5.82 Å². The molecule has 1 aromatic carbocycles. The van der Waals surface area contributed by atoms with Crippen molar-refractivity contribution in [3.05, 3.63) is 48.0 Å². The average Bonchev–Trinajstić information content (AvgIpc) is 3.10. The van der Waals surface area contributed by atoms with Gasteiger partial charge in [-0.1, -0.05) is 6.08 Å². The van der Waals surface area contributed by atoms with Gasteiger partial charge in [0.05, 0.1) is 20.3 Å². The summed E-state index contributed by atoms with van der Waals surface area (Å²) < 4.78 is 12.7. The topological polar surface area (TPSA) is 95.5 Å². The van der Waals surface area contributed by atoms with E-state index in [2.05, 4.69) is 9.97 Å². The van der Waals surface area contributed by atoms with Crippen molar-refractivity contribution in [1.29, 1.82) is 0 Å². The molecule has 0 bridgehead atoms. The van der Waals surface area contributed by atoms with Gasteiger partial charge in [0.2, 0.25) is 5.91 Å². The number of fused-ring (bicyclic) bond motifs is 1. The third-order valence-corrected chi connectivity index (χ3v) is 5.00. The minimum atomic E-state index is 0.0808. The van der Waals surface area contributed by atoms with E-state index < -0.39 is 0 Å². The molecule has 4 rings (SSSR count). The highest BCUT2D eigenvalue weighted by Gasteiger charge is 2.18. The van der Waals surface area contributed by atoms with Gasteiger partial charge in [-0.2, -0.15) is 0 Å². The predicted molar refractivity (Wildman–Crippen MR) is 111 cm³/mol. The molecule has 2 N–H and O–H groups in total. The first-order valence-electron chi connectivity index (χ1n) is 9.41. The zero-order valence-corrected chi connectivity index (χ0v) is 16.2. The third-order valence-electron chi connectivity index (χ3n) is 5.00. The molecular formula is C21H23N5O3. The van der Waals surface area contributed by atoms with Crippen LogP contribution in [-0.2, 0) is 16.1 Å². The minimum Gasteiger partial charge on any atom is -0.497 e. The Bertz CT molecular complexity index is 1050. The molecule has 2 aromatic heterocycles. The summed E-state index contributed by atoms with van der Waals surface area (Å²) in [4.78, 5) is 22.6. The van der Waals surface area contributed by atoms with Crippen LogP contribution in [0.5, 0.6) is 5.75 Å². The summed E-state index contributed by atoms with van der Waals surface area (Å²) in [6.45, 7) is 2.71. The number of carbonyl (C=O) groups is 1. The summed E-state index contributed by atoms with van der Waals surface area (Å²) in [5, 5.41) is 0.991. The first-order valence-corrected chi connectivity index (χ1v) is 9.41. The standard InChI is InChI=1S/C21H23N5O3/c1-28-17-4-5-19-18(10-17)16(3-2-15-11-23-14-24-21(15)22)12-26(19)13-20(27)25-6-8-29-9-7-25/h2-5,10-12,14H,6-9,13H2,1H3,(H2,22,23,24)/b3-2+. The fourth-order valence-electron chi connectivity index (χ4n) is 3.41. The van der Waals surface area contributed by atoms with E-state index in [9.17, 15) is 4.79 Å². The van der Waals surface area contributed by atoms with Crippen LogP contribution in [-0.4, -0.2) is 58.8 Å². The molecule has 0 unspecified atom stereocenters. The normalized spacial score (nSPS) is 14.6. The molecule has 1 aliphatic rings. The Balaban J connectivity index is 1.68. The Morgan fingerprint density at radius 2 is 2.07 bits per heavy atom. The van der Waals surface area contributed by atoms with Gasteiger partial charge in [-0.05, 0) is 24.3 Å². The number of nitrogens with two attached hydrogens (primary N) is 1. The molecule has 0 radical (unpaired) electrons. The SMILES string of the molecule is COc1ccc2c(c1)c(/C=C/c1cncnc1N)cn2CC(=O)N1CCOCC1. The summed E-state index contributed by atoms with van der Waals surface area (Å²) >= 11 is 0. The molecule has 150 valence electrons. The van der Waals surface area contributed by atoms with Crippen molar-refractivity contribution in [3.8, 4) is 5.75 Å². The Kier molecular flexibility index (Phi) is 5.44. The highest BCUT2D eigenvalue weighted by molar-refractivity contribution is 5.94.